The molecule has 1 N–H and O–H groups in total. The average molecular weight is 215 g/mol. The van der Waals surface area contributed by atoms with Gasteiger partial charge in [0.05, 0.1) is 12.7 Å². The first-order valence-electron chi connectivity index (χ1n) is 6.08. The summed E-state index contributed by atoms with van der Waals surface area (Å²) in [6.07, 6.45) is 2.49. The van der Waals surface area contributed by atoms with Crippen LogP contribution in [0.1, 0.15) is 33.6 Å². The highest BCUT2D eigenvalue weighted by Gasteiger charge is 2.27. The number of morpholine rings is 1. The molecule has 0 spiro atoms. The van der Waals surface area contributed by atoms with Crippen molar-refractivity contribution >= 4 is 0 Å². The van der Waals surface area contributed by atoms with Crippen LogP contribution < -0.4 is 0 Å². The Morgan fingerprint density at radius 1 is 1.47 bits per heavy atom. The number of nitrogens with zero attached hydrogens (tertiary/aromatic N) is 1. The lowest BCUT2D eigenvalue weighted by molar-refractivity contribution is -0.0467. The van der Waals surface area contributed by atoms with Crippen LogP contribution in [0.5, 0.6) is 0 Å². The molecule has 1 aliphatic rings. The molecule has 2 unspecified atom stereocenters. The van der Waals surface area contributed by atoms with Crippen molar-refractivity contribution in [2.45, 2.75) is 39.7 Å². The quantitative estimate of drug-likeness (QED) is 0.754. The SMILES string of the molecule is CCC1CN(CC(C)(CC)CO)CCO1. The van der Waals surface area contributed by atoms with E-state index in [-0.39, 0.29) is 12.0 Å². The van der Waals surface area contributed by atoms with E-state index in [4.69, 9.17) is 4.74 Å². The molecule has 2 atom stereocenters. The summed E-state index contributed by atoms with van der Waals surface area (Å²) in [7, 11) is 0. The number of aliphatic hydroxyl groups is 1. The van der Waals surface area contributed by atoms with Gasteiger partial charge in [0.1, 0.15) is 0 Å². The van der Waals surface area contributed by atoms with Crippen molar-refractivity contribution in [3.8, 4) is 0 Å². The molecule has 1 heterocycles. The molecular formula is C12H25NO2. The third-order valence-corrected chi connectivity index (χ3v) is 3.52. The maximum absolute atomic E-state index is 9.38. The summed E-state index contributed by atoms with van der Waals surface area (Å²) in [6, 6.07) is 0. The van der Waals surface area contributed by atoms with Gasteiger partial charge in [-0.2, -0.15) is 0 Å². The molecule has 1 aliphatic heterocycles. The lowest BCUT2D eigenvalue weighted by Crippen LogP contribution is -2.47. The van der Waals surface area contributed by atoms with Crippen LogP contribution in [0.25, 0.3) is 0 Å². The number of aliphatic hydroxyl groups excluding tert-OH is 1. The Bertz CT molecular complexity index is 180. The van der Waals surface area contributed by atoms with Crippen molar-refractivity contribution < 1.29 is 9.84 Å². The van der Waals surface area contributed by atoms with Crippen LogP contribution in [0, 0.1) is 5.41 Å². The lowest BCUT2D eigenvalue weighted by atomic mass is 9.88. The standard InChI is InChI=1S/C12H25NO2/c1-4-11-8-13(6-7-15-11)9-12(3,5-2)10-14/h11,14H,4-10H2,1-3H3. The fourth-order valence-corrected chi connectivity index (χ4v) is 1.98. The van der Waals surface area contributed by atoms with E-state index in [9.17, 15) is 5.11 Å². The summed E-state index contributed by atoms with van der Waals surface area (Å²) in [5.74, 6) is 0. The van der Waals surface area contributed by atoms with Gasteiger partial charge in [0.25, 0.3) is 0 Å². The normalized spacial score (nSPS) is 27.6. The minimum Gasteiger partial charge on any atom is -0.396 e. The minimum atomic E-state index is 0.0512. The predicted octanol–water partition coefficient (Wildman–Crippen LogP) is 1.51. The van der Waals surface area contributed by atoms with E-state index >= 15 is 0 Å². The molecule has 3 nitrogen and oxygen atoms in total. The van der Waals surface area contributed by atoms with Crippen molar-refractivity contribution in [2.24, 2.45) is 5.41 Å². The summed E-state index contributed by atoms with van der Waals surface area (Å²) in [6.45, 7) is 10.6. The van der Waals surface area contributed by atoms with Crippen LogP contribution >= 0.6 is 0 Å². The summed E-state index contributed by atoms with van der Waals surface area (Å²) in [5, 5.41) is 9.38. The van der Waals surface area contributed by atoms with Crippen molar-refractivity contribution in [1.29, 1.82) is 0 Å². The third-order valence-electron chi connectivity index (χ3n) is 3.52. The predicted molar refractivity (Wildman–Crippen MR) is 62.0 cm³/mol. The molecule has 0 radical (unpaired) electrons. The first-order chi connectivity index (χ1) is 7.13. The molecule has 0 aromatic rings. The van der Waals surface area contributed by atoms with Crippen LogP contribution in [-0.2, 0) is 4.74 Å². The van der Waals surface area contributed by atoms with E-state index in [0.29, 0.717) is 6.10 Å². The van der Waals surface area contributed by atoms with Gasteiger partial charge in [0.15, 0.2) is 0 Å². The first kappa shape index (κ1) is 12.9. The Hall–Kier alpha value is -0.120. The average Bonchev–Trinajstić information content (AvgIpc) is 2.29. The zero-order valence-electron chi connectivity index (χ0n) is 10.3. The van der Waals surface area contributed by atoms with Gasteiger partial charge < -0.3 is 9.84 Å². The van der Waals surface area contributed by atoms with Gasteiger partial charge in [0, 0.05) is 31.7 Å². The summed E-state index contributed by atoms with van der Waals surface area (Å²) in [5.41, 5.74) is 0.0512. The molecule has 1 rings (SSSR count). The number of ether oxygens (including phenoxy) is 1. The van der Waals surface area contributed by atoms with Gasteiger partial charge in [-0.1, -0.05) is 20.8 Å². The van der Waals surface area contributed by atoms with Crippen molar-refractivity contribution in [1.82, 2.24) is 4.90 Å². The largest absolute Gasteiger partial charge is 0.396 e. The molecular weight excluding hydrogens is 190 g/mol. The molecule has 0 aromatic heterocycles. The molecule has 1 saturated heterocycles. The van der Waals surface area contributed by atoms with Gasteiger partial charge >= 0.3 is 0 Å². The zero-order valence-corrected chi connectivity index (χ0v) is 10.3. The molecule has 1 fully saturated rings. The first-order valence-corrected chi connectivity index (χ1v) is 6.08. The Kier molecular flexibility index (Phi) is 5.03. The maximum atomic E-state index is 9.38. The van der Waals surface area contributed by atoms with E-state index in [2.05, 4.69) is 25.7 Å². The van der Waals surface area contributed by atoms with Crippen molar-refractivity contribution in [2.75, 3.05) is 32.8 Å². The Morgan fingerprint density at radius 3 is 2.73 bits per heavy atom. The topological polar surface area (TPSA) is 32.7 Å². The van der Waals surface area contributed by atoms with Gasteiger partial charge in [0.2, 0.25) is 0 Å². The molecule has 90 valence electrons. The van der Waals surface area contributed by atoms with Crippen LogP contribution in [0.15, 0.2) is 0 Å². The molecule has 0 aliphatic carbocycles. The molecule has 0 saturated carbocycles. The third kappa shape index (κ3) is 3.74. The van der Waals surface area contributed by atoms with E-state index < -0.39 is 0 Å². The molecule has 15 heavy (non-hydrogen) atoms. The lowest BCUT2D eigenvalue weighted by Gasteiger charge is -2.38. The monoisotopic (exact) mass is 215 g/mol. The second-order valence-electron chi connectivity index (χ2n) is 4.96. The van der Waals surface area contributed by atoms with Gasteiger partial charge in [-0.25, -0.2) is 0 Å². The van der Waals surface area contributed by atoms with E-state index in [0.717, 1.165) is 39.1 Å². The second kappa shape index (κ2) is 5.83. The van der Waals surface area contributed by atoms with Crippen LogP contribution in [-0.4, -0.2) is 49.0 Å². The van der Waals surface area contributed by atoms with Crippen LogP contribution in [0.2, 0.25) is 0 Å². The molecule has 0 aromatic carbocycles. The smallest absolute Gasteiger partial charge is 0.0700 e. The van der Waals surface area contributed by atoms with Gasteiger partial charge in [-0.3, -0.25) is 4.90 Å². The van der Waals surface area contributed by atoms with Crippen molar-refractivity contribution in [3.05, 3.63) is 0 Å². The Balaban J connectivity index is 2.43. The number of rotatable bonds is 5. The van der Waals surface area contributed by atoms with Crippen LogP contribution in [0.4, 0.5) is 0 Å². The van der Waals surface area contributed by atoms with Gasteiger partial charge in [-0.05, 0) is 12.8 Å². The number of hydrogen-bond donors (Lipinski definition) is 1. The zero-order chi connectivity index (χ0) is 11.3. The minimum absolute atomic E-state index is 0.0512. The highest BCUT2D eigenvalue weighted by Crippen LogP contribution is 2.23. The van der Waals surface area contributed by atoms with Crippen LogP contribution in [0.3, 0.4) is 0 Å². The Labute approximate surface area is 93.4 Å². The fourth-order valence-electron chi connectivity index (χ4n) is 1.98. The van der Waals surface area contributed by atoms with Gasteiger partial charge in [-0.15, -0.1) is 0 Å². The Morgan fingerprint density at radius 2 is 2.20 bits per heavy atom. The molecule has 0 amide bonds. The van der Waals surface area contributed by atoms with E-state index in [1.54, 1.807) is 0 Å². The number of hydrogen-bond acceptors (Lipinski definition) is 3. The summed E-state index contributed by atoms with van der Waals surface area (Å²) in [4.78, 5) is 2.43. The summed E-state index contributed by atoms with van der Waals surface area (Å²) < 4.78 is 5.63. The van der Waals surface area contributed by atoms with E-state index in [1.807, 2.05) is 0 Å². The highest BCUT2D eigenvalue weighted by atomic mass is 16.5. The second-order valence-corrected chi connectivity index (χ2v) is 4.96. The highest BCUT2D eigenvalue weighted by molar-refractivity contribution is 4.79. The molecule has 3 heteroatoms. The summed E-state index contributed by atoms with van der Waals surface area (Å²) >= 11 is 0. The maximum Gasteiger partial charge on any atom is 0.0700 e. The molecule has 0 bridgehead atoms. The van der Waals surface area contributed by atoms with E-state index in [1.165, 1.54) is 0 Å². The van der Waals surface area contributed by atoms with Crippen molar-refractivity contribution in [3.63, 3.8) is 0 Å². The fraction of sp³-hybridized carbons (Fsp3) is 1.00.